The van der Waals surface area contributed by atoms with Crippen LogP contribution in [0.1, 0.15) is 17.7 Å². The zero-order valence-corrected chi connectivity index (χ0v) is 11.4. The number of halogens is 3. The Morgan fingerprint density at radius 3 is 2.74 bits per heavy atom. The quantitative estimate of drug-likeness (QED) is 0.817. The largest absolute Gasteiger partial charge is 0.398 e. The molecule has 0 spiro atoms. The predicted octanol–water partition coefficient (Wildman–Crippen LogP) is 3.66. The lowest BCUT2D eigenvalue weighted by Gasteiger charge is -2.09. The van der Waals surface area contributed by atoms with Crippen molar-refractivity contribution in [3.05, 3.63) is 39.3 Å². The van der Waals surface area contributed by atoms with Crippen LogP contribution >= 0.6 is 23.2 Å². The zero-order chi connectivity index (χ0) is 13.6. The first-order valence-corrected chi connectivity index (χ1v) is 6.62. The Morgan fingerprint density at radius 1 is 1.16 bits per heavy atom. The number of fused-ring (bicyclic) bond motifs is 1. The standard InChI is InChI=1S/C13H10Cl2FN3/c14-8-5-9(16)7(4-10(8)17)13-12(15)6-2-1-3-11(6)18-19-13/h4-5H,1-3,17H2. The Morgan fingerprint density at radius 2 is 1.95 bits per heavy atom. The Labute approximate surface area is 119 Å². The number of anilines is 1. The van der Waals surface area contributed by atoms with Crippen LogP contribution in [0.2, 0.25) is 10.0 Å². The second-order valence-corrected chi connectivity index (χ2v) is 5.28. The van der Waals surface area contributed by atoms with Gasteiger partial charge in [-0.2, -0.15) is 5.10 Å². The first-order valence-electron chi connectivity index (χ1n) is 5.86. The second-order valence-electron chi connectivity index (χ2n) is 4.49. The molecule has 0 amide bonds. The SMILES string of the molecule is Nc1cc(-c2nnc3c(c2Cl)CCC3)c(F)cc1Cl. The van der Waals surface area contributed by atoms with Crippen LogP contribution in [0.4, 0.5) is 10.1 Å². The molecular formula is C13H10Cl2FN3. The van der Waals surface area contributed by atoms with Crippen LogP contribution in [-0.4, -0.2) is 10.2 Å². The van der Waals surface area contributed by atoms with E-state index in [1.54, 1.807) is 0 Å². The molecule has 0 saturated carbocycles. The fourth-order valence-electron chi connectivity index (χ4n) is 2.29. The molecule has 0 unspecified atom stereocenters. The van der Waals surface area contributed by atoms with Crippen molar-refractivity contribution < 1.29 is 4.39 Å². The third-order valence-electron chi connectivity index (χ3n) is 3.27. The van der Waals surface area contributed by atoms with Crippen molar-refractivity contribution in [3.63, 3.8) is 0 Å². The fraction of sp³-hybridized carbons (Fsp3) is 0.231. The van der Waals surface area contributed by atoms with E-state index in [1.807, 2.05) is 0 Å². The molecule has 0 atom stereocenters. The van der Waals surface area contributed by atoms with E-state index >= 15 is 0 Å². The van der Waals surface area contributed by atoms with Gasteiger partial charge in [-0.1, -0.05) is 23.2 Å². The highest BCUT2D eigenvalue weighted by Crippen LogP contribution is 2.36. The fourth-order valence-corrected chi connectivity index (χ4v) is 2.78. The van der Waals surface area contributed by atoms with Crippen LogP contribution in [-0.2, 0) is 12.8 Å². The molecule has 98 valence electrons. The highest BCUT2D eigenvalue weighted by Gasteiger charge is 2.22. The van der Waals surface area contributed by atoms with Crippen LogP contribution in [0.25, 0.3) is 11.3 Å². The van der Waals surface area contributed by atoms with E-state index in [-0.39, 0.29) is 16.3 Å². The Kier molecular flexibility index (Phi) is 3.07. The minimum atomic E-state index is -0.506. The summed E-state index contributed by atoms with van der Waals surface area (Å²) >= 11 is 12.1. The van der Waals surface area contributed by atoms with E-state index < -0.39 is 5.82 Å². The summed E-state index contributed by atoms with van der Waals surface area (Å²) in [5.74, 6) is -0.506. The lowest BCUT2D eigenvalue weighted by atomic mass is 10.1. The molecule has 3 rings (SSSR count). The van der Waals surface area contributed by atoms with E-state index in [0.29, 0.717) is 10.7 Å². The monoisotopic (exact) mass is 297 g/mol. The molecule has 0 aliphatic heterocycles. The molecule has 0 radical (unpaired) electrons. The summed E-state index contributed by atoms with van der Waals surface area (Å²) in [6, 6.07) is 2.60. The number of hydrogen-bond acceptors (Lipinski definition) is 3. The molecule has 2 aromatic rings. The summed E-state index contributed by atoms with van der Waals surface area (Å²) in [5, 5.41) is 8.78. The highest BCUT2D eigenvalue weighted by molar-refractivity contribution is 6.34. The van der Waals surface area contributed by atoms with E-state index in [1.165, 1.54) is 6.07 Å². The van der Waals surface area contributed by atoms with Gasteiger partial charge < -0.3 is 5.73 Å². The van der Waals surface area contributed by atoms with Gasteiger partial charge in [0.15, 0.2) is 0 Å². The van der Waals surface area contributed by atoms with Gasteiger partial charge in [0.1, 0.15) is 11.5 Å². The second kappa shape index (κ2) is 4.62. The Hall–Kier alpha value is -1.39. The number of hydrogen-bond donors (Lipinski definition) is 1. The van der Waals surface area contributed by atoms with Gasteiger partial charge in [0.25, 0.3) is 0 Å². The summed E-state index contributed by atoms with van der Waals surface area (Å²) < 4.78 is 14.0. The molecule has 1 aliphatic rings. The van der Waals surface area contributed by atoms with Gasteiger partial charge in [0, 0.05) is 5.56 Å². The number of nitrogens with zero attached hydrogens (tertiary/aromatic N) is 2. The summed E-state index contributed by atoms with van der Waals surface area (Å²) in [7, 11) is 0. The van der Waals surface area contributed by atoms with Crippen molar-refractivity contribution >= 4 is 28.9 Å². The molecule has 0 saturated heterocycles. The molecule has 1 heterocycles. The highest BCUT2D eigenvalue weighted by atomic mass is 35.5. The summed E-state index contributed by atoms with van der Waals surface area (Å²) in [6.45, 7) is 0. The molecule has 19 heavy (non-hydrogen) atoms. The lowest BCUT2D eigenvalue weighted by Crippen LogP contribution is -2.00. The van der Waals surface area contributed by atoms with Gasteiger partial charge in [-0.05, 0) is 37.0 Å². The number of rotatable bonds is 1. The maximum Gasteiger partial charge on any atom is 0.134 e. The Balaban J connectivity index is 2.21. The van der Waals surface area contributed by atoms with Crippen molar-refractivity contribution in [3.8, 4) is 11.3 Å². The van der Waals surface area contributed by atoms with Gasteiger partial charge in [0.2, 0.25) is 0 Å². The van der Waals surface area contributed by atoms with Crippen LogP contribution in [0.3, 0.4) is 0 Å². The topological polar surface area (TPSA) is 51.8 Å². The van der Waals surface area contributed by atoms with Crippen LogP contribution in [0.5, 0.6) is 0 Å². The van der Waals surface area contributed by atoms with Crippen LogP contribution in [0, 0.1) is 5.82 Å². The number of benzene rings is 1. The molecule has 0 bridgehead atoms. The first kappa shape index (κ1) is 12.6. The number of nitrogen functional groups attached to an aromatic ring is 1. The average Bonchev–Trinajstić information content (AvgIpc) is 2.84. The molecule has 3 nitrogen and oxygen atoms in total. The molecule has 6 heteroatoms. The number of aryl methyl sites for hydroxylation is 1. The third-order valence-corrected chi connectivity index (χ3v) is 4.01. The molecule has 1 aromatic heterocycles. The minimum Gasteiger partial charge on any atom is -0.398 e. The van der Waals surface area contributed by atoms with Crippen LogP contribution in [0.15, 0.2) is 12.1 Å². The summed E-state index contributed by atoms with van der Waals surface area (Å²) in [4.78, 5) is 0. The third kappa shape index (κ3) is 2.05. The maximum absolute atomic E-state index is 14.0. The van der Waals surface area contributed by atoms with E-state index in [2.05, 4.69) is 10.2 Å². The maximum atomic E-state index is 14.0. The summed E-state index contributed by atoms with van der Waals surface area (Å²) in [5.41, 5.74) is 8.40. The number of nitrogens with two attached hydrogens (primary N) is 1. The molecular weight excluding hydrogens is 288 g/mol. The Bertz CT molecular complexity index is 673. The predicted molar refractivity (Wildman–Crippen MR) is 73.9 cm³/mol. The van der Waals surface area contributed by atoms with Crippen molar-refractivity contribution in [2.75, 3.05) is 5.73 Å². The molecule has 0 fully saturated rings. The molecule has 1 aliphatic carbocycles. The summed E-state index contributed by atoms with van der Waals surface area (Å²) in [6.07, 6.45) is 2.72. The van der Waals surface area contributed by atoms with Gasteiger partial charge in [-0.25, -0.2) is 4.39 Å². The molecule has 2 N–H and O–H groups in total. The van der Waals surface area contributed by atoms with Gasteiger partial charge in [-0.3, -0.25) is 0 Å². The van der Waals surface area contributed by atoms with Gasteiger partial charge >= 0.3 is 0 Å². The lowest BCUT2D eigenvalue weighted by molar-refractivity contribution is 0.630. The number of aromatic nitrogens is 2. The zero-order valence-electron chi connectivity index (χ0n) is 9.88. The van der Waals surface area contributed by atoms with E-state index in [4.69, 9.17) is 28.9 Å². The molecule has 1 aromatic carbocycles. The van der Waals surface area contributed by atoms with Crippen LogP contribution < -0.4 is 5.73 Å². The smallest absolute Gasteiger partial charge is 0.134 e. The van der Waals surface area contributed by atoms with E-state index in [0.717, 1.165) is 36.6 Å². The first-order chi connectivity index (χ1) is 9.08. The minimum absolute atomic E-state index is 0.173. The van der Waals surface area contributed by atoms with Gasteiger partial charge in [-0.15, -0.1) is 5.10 Å². The van der Waals surface area contributed by atoms with Crippen molar-refractivity contribution in [2.45, 2.75) is 19.3 Å². The average molecular weight is 298 g/mol. The van der Waals surface area contributed by atoms with Crippen molar-refractivity contribution in [1.82, 2.24) is 10.2 Å². The van der Waals surface area contributed by atoms with Crippen molar-refractivity contribution in [1.29, 1.82) is 0 Å². The van der Waals surface area contributed by atoms with Gasteiger partial charge in [0.05, 0.1) is 21.4 Å². The van der Waals surface area contributed by atoms with E-state index in [9.17, 15) is 4.39 Å². The van der Waals surface area contributed by atoms with Crippen molar-refractivity contribution in [2.24, 2.45) is 0 Å². The normalized spacial score (nSPS) is 13.6.